The number of methoxy groups -OCH3 is 3. The van der Waals surface area contributed by atoms with Gasteiger partial charge in [0.2, 0.25) is 11.6 Å². The van der Waals surface area contributed by atoms with E-state index in [0.29, 0.717) is 50.9 Å². The van der Waals surface area contributed by atoms with Gasteiger partial charge in [-0.15, -0.1) is 21.5 Å². The van der Waals surface area contributed by atoms with Gasteiger partial charge in [-0.25, -0.2) is 4.98 Å². The molecule has 11 heteroatoms. The Morgan fingerprint density at radius 1 is 1.10 bits per heavy atom. The Morgan fingerprint density at radius 2 is 1.81 bits per heavy atom. The Kier molecular flexibility index (Phi) is 5.88. The molecule has 4 aromatic rings. The number of thioether (sulfide) groups is 1. The average Bonchev–Trinajstić information content (AvgIpc) is 3.35. The minimum Gasteiger partial charge on any atom is -0.493 e. The molecule has 162 valence electrons. The summed E-state index contributed by atoms with van der Waals surface area (Å²) in [6.07, 6.45) is 0. The zero-order chi connectivity index (χ0) is 22.1. The van der Waals surface area contributed by atoms with E-state index in [2.05, 4.69) is 20.2 Å². The van der Waals surface area contributed by atoms with E-state index < -0.39 is 0 Å². The van der Waals surface area contributed by atoms with E-state index >= 15 is 0 Å². The fourth-order valence-electron chi connectivity index (χ4n) is 3.09. The number of aryl methyl sites for hydroxylation is 2. The van der Waals surface area contributed by atoms with Crippen LogP contribution in [0, 0.1) is 13.8 Å². The van der Waals surface area contributed by atoms with Gasteiger partial charge >= 0.3 is 0 Å². The molecule has 3 aromatic heterocycles. The van der Waals surface area contributed by atoms with Crippen LogP contribution in [0.25, 0.3) is 21.7 Å². The van der Waals surface area contributed by atoms with Crippen molar-refractivity contribution in [2.75, 3.05) is 21.3 Å². The fourth-order valence-corrected chi connectivity index (χ4v) is 4.77. The number of rotatable bonds is 7. The Morgan fingerprint density at radius 3 is 2.45 bits per heavy atom. The Bertz CT molecular complexity index is 1290. The molecule has 0 radical (unpaired) electrons. The highest BCUT2D eigenvalue weighted by atomic mass is 32.2. The van der Waals surface area contributed by atoms with Crippen LogP contribution in [0.1, 0.15) is 16.3 Å². The van der Waals surface area contributed by atoms with Crippen LogP contribution < -0.4 is 19.8 Å². The van der Waals surface area contributed by atoms with Gasteiger partial charge < -0.3 is 23.6 Å². The molecule has 0 fully saturated rings. The van der Waals surface area contributed by atoms with Gasteiger partial charge in [0, 0.05) is 10.4 Å². The zero-order valence-electron chi connectivity index (χ0n) is 17.6. The summed E-state index contributed by atoms with van der Waals surface area (Å²) in [5.41, 5.74) is 1.47. The van der Waals surface area contributed by atoms with Gasteiger partial charge in [-0.1, -0.05) is 11.8 Å². The molecule has 4 rings (SSSR count). The van der Waals surface area contributed by atoms with Crippen LogP contribution in [0.15, 0.2) is 26.6 Å². The summed E-state index contributed by atoms with van der Waals surface area (Å²) in [4.78, 5) is 21.7. The Hall–Kier alpha value is -3.05. The van der Waals surface area contributed by atoms with Gasteiger partial charge in [-0.05, 0) is 31.5 Å². The van der Waals surface area contributed by atoms with E-state index in [1.807, 2.05) is 13.8 Å². The largest absolute Gasteiger partial charge is 0.493 e. The zero-order valence-corrected chi connectivity index (χ0v) is 19.2. The van der Waals surface area contributed by atoms with Crippen molar-refractivity contribution in [3.05, 3.63) is 38.8 Å². The second-order valence-corrected chi connectivity index (χ2v) is 8.68. The van der Waals surface area contributed by atoms with Crippen molar-refractivity contribution in [1.29, 1.82) is 0 Å². The van der Waals surface area contributed by atoms with Crippen molar-refractivity contribution in [2.24, 2.45) is 0 Å². The van der Waals surface area contributed by atoms with Crippen molar-refractivity contribution >= 4 is 33.3 Å². The standard InChI is InChI=1S/C20H20N4O5S2/c1-9-10(2)31-19-15(9)17(25)21-14(22-19)8-30-20-24-23-18(29-20)11-6-12(26-3)16(28-5)13(7-11)27-4/h6-7H,8H2,1-5H3,(H,21,22,25). The molecule has 0 aliphatic heterocycles. The van der Waals surface area contributed by atoms with E-state index in [0.717, 1.165) is 15.3 Å². The molecule has 3 heterocycles. The first-order chi connectivity index (χ1) is 14.9. The van der Waals surface area contributed by atoms with Gasteiger partial charge in [-0.2, -0.15) is 0 Å². The summed E-state index contributed by atoms with van der Waals surface area (Å²) in [7, 11) is 4.62. The molecule has 0 amide bonds. The molecule has 0 saturated heterocycles. The molecule has 1 aromatic carbocycles. The molecule has 0 unspecified atom stereocenters. The first kappa shape index (κ1) is 21.2. The van der Waals surface area contributed by atoms with Crippen LogP contribution >= 0.6 is 23.1 Å². The molecule has 31 heavy (non-hydrogen) atoms. The maximum atomic E-state index is 12.4. The molecular formula is C20H20N4O5S2. The second-order valence-electron chi connectivity index (χ2n) is 6.55. The van der Waals surface area contributed by atoms with Crippen LogP contribution in [-0.4, -0.2) is 41.5 Å². The number of hydrogen-bond donors (Lipinski definition) is 1. The number of benzene rings is 1. The number of H-pyrrole nitrogens is 1. The van der Waals surface area contributed by atoms with Gasteiger partial charge in [0.15, 0.2) is 11.5 Å². The predicted molar refractivity (Wildman–Crippen MR) is 119 cm³/mol. The third-order valence-electron chi connectivity index (χ3n) is 4.74. The van der Waals surface area contributed by atoms with Gasteiger partial charge in [0.05, 0.1) is 32.5 Å². The molecule has 0 saturated carbocycles. The lowest BCUT2D eigenvalue weighted by molar-refractivity contribution is 0.324. The maximum absolute atomic E-state index is 12.4. The smallest absolute Gasteiger partial charge is 0.277 e. The fraction of sp³-hybridized carbons (Fsp3) is 0.300. The lowest BCUT2D eigenvalue weighted by Gasteiger charge is -2.12. The summed E-state index contributed by atoms with van der Waals surface area (Å²) in [5.74, 6) is 2.70. The quantitative estimate of drug-likeness (QED) is 0.409. The van der Waals surface area contributed by atoms with Gasteiger partial charge in [-0.3, -0.25) is 4.79 Å². The first-order valence-corrected chi connectivity index (χ1v) is 11.0. The molecule has 0 aliphatic carbocycles. The maximum Gasteiger partial charge on any atom is 0.277 e. The summed E-state index contributed by atoms with van der Waals surface area (Å²) >= 11 is 2.80. The summed E-state index contributed by atoms with van der Waals surface area (Å²) < 4.78 is 21.8. The average molecular weight is 461 g/mol. The summed E-state index contributed by atoms with van der Waals surface area (Å²) in [5, 5.41) is 9.19. The molecular weight excluding hydrogens is 440 g/mol. The number of aromatic amines is 1. The summed E-state index contributed by atoms with van der Waals surface area (Å²) in [6, 6.07) is 3.47. The van der Waals surface area contributed by atoms with Crippen molar-refractivity contribution in [2.45, 2.75) is 24.8 Å². The van der Waals surface area contributed by atoms with Crippen molar-refractivity contribution < 1.29 is 18.6 Å². The molecule has 1 N–H and O–H groups in total. The lowest BCUT2D eigenvalue weighted by atomic mass is 10.2. The number of nitrogens with one attached hydrogen (secondary N) is 1. The first-order valence-electron chi connectivity index (χ1n) is 9.20. The van der Waals surface area contributed by atoms with Crippen molar-refractivity contribution in [3.63, 3.8) is 0 Å². The SMILES string of the molecule is COc1cc(-c2nnc(SCc3nc4sc(C)c(C)c4c(=O)[nH]3)o2)cc(OC)c1OC. The third kappa shape index (κ3) is 3.98. The van der Waals surface area contributed by atoms with E-state index in [1.54, 1.807) is 12.1 Å². The normalized spacial score (nSPS) is 11.1. The van der Waals surface area contributed by atoms with E-state index in [9.17, 15) is 4.79 Å². The summed E-state index contributed by atoms with van der Waals surface area (Å²) in [6.45, 7) is 3.92. The number of fused-ring (bicyclic) bond motifs is 1. The van der Waals surface area contributed by atoms with Gasteiger partial charge in [0.25, 0.3) is 10.8 Å². The van der Waals surface area contributed by atoms with Crippen LogP contribution in [0.4, 0.5) is 0 Å². The van der Waals surface area contributed by atoms with E-state index in [-0.39, 0.29) is 5.56 Å². The molecule has 0 aliphatic rings. The highest BCUT2D eigenvalue weighted by molar-refractivity contribution is 7.98. The van der Waals surface area contributed by atoms with E-state index in [4.69, 9.17) is 18.6 Å². The van der Waals surface area contributed by atoms with Crippen LogP contribution in [0.5, 0.6) is 17.2 Å². The molecule has 9 nitrogen and oxygen atoms in total. The molecule has 0 spiro atoms. The van der Waals surface area contributed by atoms with E-state index in [1.165, 1.54) is 44.4 Å². The molecule has 0 bridgehead atoms. The highest BCUT2D eigenvalue weighted by Gasteiger charge is 2.18. The molecule has 0 atom stereocenters. The Labute approximate surface area is 185 Å². The number of thiophene rings is 1. The predicted octanol–water partition coefficient (Wildman–Crippen LogP) is 3.97. The number of hydrogen-bond acceptors (Lipinski definition) is 10. The minimum atomic E-state index is -0.133. The topological polar surface area (TPSA) is 112 Å². The van der Waals surface area contributed by atoms with Crippen LogP contribution in [-0.2, 0) is 5.75 Å². The van der Waals surface area contributed by atoms with Crippen LogP contribution in [0.3, 0.4) is 0 Å². The van der Waals surface area contributed by atoms with Crippen molar-refractivity contribution in [1.82, 2.24) is 20.2 Å². The number of ether oxygens (including phenoxy) is 3. The third-order valence-corrected chi connectivity index (χ3v) is 6.67. The minimum absolute atomic E-state index is 0.133. The number of nitrogens with zero attached hydrogens (tertiary/aromatic N) is 3. The number of aromatic nitrogens is 4. The monoisotopic (exact) mass is 460 g/mol. The highest BCUT2D eigenvalue weighted by Crippen LogP contribution is 2.41. The van der Waals surface area contributed by atoms with Crippen molar-refractivity contribution in [3.8, 4) is 28.7 Å². The van der Waals surface area contributed by atoms with Crippen LogP contribution in [0.2, 0.25) is 0 Å². The van der Waals surface area contributed by atoms with Gasteiger partial charge in [0.1, 0.15) is 10.7 Å². The second kappa shape index (κ2) is 8.60. The Balaban J connectivity index is 1.56. The lowest BCUT2D eigenvalue weighted by Crippen LogP contribution is -2.10.